The van der Waals surface area contributed by atoms with Crippen LogP contribution < -0.4 is 15.4 Å². The van der Waals surface area contributed by atoms with Crippen LogP contribution in [0.2, 0.25) is 0 Å². The lowest BCUT2D eigenvalue weighted by molar-refractivity contribution is 0.0830. The summed E-state index contributed by atoms with van der Waals surface area (Å²) in [4.78, 5) is 13.0. The summed E-state index contributed by atoms with van der Waals surface area (Å²) >= 11 is 0. The van der Waals surface area contributed by atoms with E-state index in [1.807, 2.05) is 18.2 Å². The van der Waals surface area contributed by atoms with Crippen molar-refractivity contribution in [3.8, 4) is 0 Å². The number of anilines is 1. The molecule has 0 unspecified atom stereocenters. The molecule has 3 rings (SSSR count). The molecule has 4 N–H and O–H groups in total. The molecule has 0 radical (unpaired) electrons. The number of aliphatic hydroxyl groups excluding tert-OH is 1. The van der Waals surface area contributed by atoms with E-state index in [1.54, 1.807) is 0 Å². The zero-order valence-corrected chi connectivity index (χ0v) is 22.2. The molecule has 204 valence electrons. The summed E-state index contributed by atoms with van der Waals surface area (Å²) in [6, 6.07) is 16.1. The first-order valence-corrected chi connectivity index (χ1v) is 14.1. The summed E-state index contributed by atoms with van der Waals surface area (Å²) in [5.74, 6) is -2.11. The third kappa shape index (κ3) is 8.90. The molecule has 0 heterocycles. The number of hydrogen-bond acceptors (Lipinski definition) is 5. The first-order valence-electron chi connectivity index (χ1n) is 12.4. The second kappa shape index (κ2) is 13.5. The highest BCUT2D eigenvalue weighted by Gasteiger charge is 2.23. The summed E-state index contributed by atoms with van der Waals surface area (Å²) in [6.45, 7) is 4.19. The van der Waals surface area contributed by atoms with Gasteiger partial charge in [-0.2, -0.15) is 0 Å². The van der Waals surface area contributed by atoms with Crippen molar-refractivity contribution in [2.24, 2.45) is 0 Å². The van der Waals surface area contributed by atoms with E-state index in [1.165, 1.54) is 36.8 Å². The van der Waals surface area contributed by atoms with Crippen molar-refractivity contribution in [3.63, 3.8) is 0 Å². The Morgan fingerprint density at radius 1 is 0.921 bits per heavy atom. The van der Waals surface area contributed by atoms with Gasteiger partial charge in [-0.3, -0.25) is 9.52 Å². The highest BCUT2D eigenvalue weighted by atomic mass is 32.2. The molecule has 0 bridgehead atoms. The minimum Gasteiger partial charge on any atom is -0.390 e. The second-order valence-corrected chi connectivity index (χ2v) is 11.0. The molecule has 3 aromatic rings. The van der Waals surface area contributed by atoms with Crippen LogP contribution in [0.3, 0.4) is 0 Å². The number of aryl methyl sites for hydroxylation is 1. The lowest BCUT2D eigenvalue weighted by Crippen LogP contribution is -2.48. The van der Waals surface area contributed by atoms with Crippen molar-refractivity contribution in [1.29, 1.82) is 0 Å². The maximum atomic E-state index is 13.8. The van der Waals surface area contributed by atoms with Crippen molar-refractivity contribution in [1.82, 2.24) is 10.6 Å². The number of carbonyl (C=O) groups excluding carboxylic acids is 1. The summed E-state index contributed by atoms with van der Waals surface area (Å²) in [7, 11) is -3.46. The van der Waals surface area contributed by atoms with Gasteiger partial charge >= 0.3 is 0 Å². The molecular formula is C28H33F2N3O4S. The number of nitrogens with one attached hydrogen (secondary N) is 3. The first kappa shape index (κ1) is 29.2. The quantitative estimate of drug-likeness (QED) is 0.262. The Balaban J connectivity index is 1.71. The van der Waals surface area contributed by atoms with E-state index in [2.05, 4.69) is 28.3 Å². The molecule has 0 spiro atoms. The number of sulfonamides is 1. The second-order valence-electron chi connectivity index (χ2n) is 9.02. The van der Waals surface area contributed by atoms with Crippen molar-refractivity contribution in [3.05, 3.63) is 101 Å². The van der Waals surface area contributed by atoms with Gasteiger partial charge in [0.2, 0.25) is 10.0 Å². The van der Waals surface area contributed by atoms with Crippen LogP contribution >= 0.6 is 0 Å². The number of amides is 1. The zero-order valence-electron chi connectivity index (χ0n) is 21.4. The van der Waals surface area contributed by atoms with Gasteiger partial charge in [-0.25, -0.2) is 17.2 Å². The van der Waals surface area contributed by atoms with Crippen LogP contribution in [0.25, 0.3) is 0 Å². The highest BCUT2D eigenvalue weighted by molar-refractivity contribution is 7.92. The fraction of sp³-hybridized carbons (Fsp3) is 0.321. The molecule has 7 nitrogen and oxygen atoms in total. The Bertz CT molecular complexity index is 1310. The summed E-state index contributed by atoms with van der Waals surface area (Å²) < 4.78 is 53.5. The molecule has 1 amide bonds. The molecule has 0 fully saturated rings. The average molecular weight is 546 g/mol. The smallest absolute Gasteiger partial charge is 0.251 e. The SMILES string of the molecule is CCc1cccc(CNC[C@@H](O)[C@H](Cc2cc(F)cc(F)c2)NC(=O)c2ccc(NS(=O)(=O)CC)cc2)c1. The number of rotatable bonds is 13. The van der Waals surface area contributed by atoms with Gasteiger partial charge in [0.15, 0.2) is 0 Å². The normalized spacial score (nSPS) is 13.1. The zero-order chi connectivity index (χ0) is 27.7. The largest absolute Gasteiger partial charge is 0.390 e. The standard InChI is InChI=1S/C28H33F2N3O4S/c1-3-19-6-5-7-20(12-19)17-31-18-27(34)26(15-21-13-23(29)16-24(30)14-21)32-28(35)22-8-10-25(11-9-22)33-38(36,37)4-2/h5-14,16,26-27,31,33-34H,3-4,15,17-18H2,1-2H3,(H,32,35)/t26-,27+/m0/s1. The van der Waals surface area contributed by atoms with Crippen molar-refractivity contribution >= 4 is 21.6 Å². The molecule has 0 aliphatic rings. The summed E-state index contributed by atoms with van der Waals surface area (Å²) in [5, 5.41) is 16.9. The average Bonchev–Trinajstić information content (AvgIpc) is 2.88. The Morgan fingerprint density at radius 3 is 2.21 bits per heavy atom. The number of carbonyl (C=O) groups is 1. The molecule has 3 aromatic carbocycles. The van der Waals surface area contributed by atoms with Gasteiger partial charge in [0, 0.05) is 30.4 Å². The summed E-state index contributed by atoms with van der Waals surface area (Å²) in [5.41, 5.74) is 3.06. The van der Waals surface area contributed by atoms with E-state index in [0.29, 0.717) is 12.2 Å². The molecule has 2 atom stereocenters. The van der Waals surface area contributed by atoms with Crippen LogP contribution in [-0.2, 0) is 29.4 Å². The maximum Gasteiger partial charge on any atom is 0.251 e. The summed E-state index contributed by atoms with van der Waals surface area (Å²) in [6.07, 6.45) is -0.182. The molecule has 10 heteroatoms. The Kier molecular flexibility index (Phi) is 10.3. The Hall–Kier alpha value is -3.34. The minimum atomic E-state index is -3.46. The van der Waals surface area contributed by atoms with Crippen LogP contribution in [0.15, 0.2) is 66.7 Å². The van der Waals surface area contributed by atoms with E-state index >= 15 is 0 Å². The minimum absolute atomic E-state index is 0.0109. The van der Waals surface area contributed by atoms with Gasteiger partial charge in [-0.1, -0.05) is 31.2 Å². The first-order chi connectivity index (χ1) is 18.1. The van der Waals surface area contributed by atoms with Gasteiger partial charge < -0.3 is 15.7 Å². The van der Waals surface area contributed by atoms with Gasteiger partial charge in [-0.15, -0.1) is 0 Å². The van der Waals surface area contributed by atoms with E-state index in [0.717, 1.165) is 30.2 Å². The molecule has 38 heavy (non-hydrogen) atoms. The van der Waals surface area contributed by atoms with Gasteiger partial charge in [0.1, 0.15) is 11.6 Å². The topological polar surface area (TPSA) is 108 Å². The molecule has 0 saturated heterocycles. The third-order valence-corrected chi connectivity index (χ3v) is 7.35. The third-order valence-electron chi connectivity index (χ3n) is 6.04. The predicted octanol–water partition coefficient (Wildman–Crippen LogP) is 3.78. The lowest BCUT2D eigenvalue weighted by atomic mass is 10.00. The Labute approximate surface area is 222 Å². The Morgan fingerprint density at radius 2 is 1.58 bits per heavy atom. The van der Waals surface area contributed by atoms with Crippen LogP contribution in [0.4, 0.5) is 14.5 Å². The lowest BCUT2D eigenvalue weighted by Gasteiger charge is -2.25. The maximum absolute atomic E-state index is 13.8. The fourth-order valence-corrected chi connectivity index (χ4v) is 4.56. The van der Waals surface area contributed by atoms with Crippen molar-refractivity contribution < 1.29 is 27.1 Å². The van der Waals surface area contributed by atoms with E-state index < -0.39 is 39.7 Å². The van der Waals surface area contributed by atoms with Crippen LogP contribution in [0.1, 0.15) is 40.9 Å². The molecule has 0 aromatic heterocycles. The van der Waals surface area contributed by atoms with Crippen LogP contribution in [0, 0.1) is 11.6 Å². The molecule has 0 aliphatic carbocycles. The van der Waals surface area contributed by atoms with Crippen LogP contribution in [0.5, 0.6) is 0 Å². The van der Waals surface area contributed by atoms with Gasteiger partial charge in [-0.05, 0) is 72.9 Å². The number of aliphatic hydroxyl groups is 1. The highest BCUT2D eigenvalue weighted by Crippen LogP contribution is 2.15. The fourth-order valence-electron chi connectivity index (χ4n) is 3.93. The van der Waals surface area contributed by atoms with Crippen molar-refractivity contribution in [2.75, 3.05) is 17.0 Å². The number of hydrogen-bond donors (Lipinski definition) is 4. The van der Waals surface area contributed by atoms with Crippen LogP contribution in [-0.4, -0.2) is 43.9 Å². The van der Waals surface area contributed by atoms with E-state index in [4.69, 9.17) is 0 Å². The van der Waals surface area contributed by atoms with E-state index in [9.17, 15) is 27.1 Å². The molecule has 0 aliphatic heterocycles. The number of halogens is 2. The number of benzene rings is 3. The van der Waals surface area contributed by atoms with E-state index in [-0.39, 0.29) is 29.8 Å². The van der Waals surface area contributed by atoms with Gasteiger partial charge in [0.25, 0.3) is 5.91 Å². The van der Waals surface area contributed by atoms with Gasteiger partial charge in [0.05, 0.1) is 17.9 Å². The van der Waals surface area contributed by atoms with Crippen molar-refractivity contribution in [2.45, 2.75) is 45.4 Å². The molecular weight excluding hydrogens is 512 g/mol. The predicted molar refractivity (Wildman–Crippen MR) is 144 cm³/mol. The molecule has 0 saturated carbocycles. The monoisotopic (exact) mass is 545 g/mol.